The zero-order valence-electron chi connectivity index (χ0n) is 30.3. The molecule has 0 aliphatic rings. The van der Waals surface area contributed by atoms with Gasteiger partial charge >= 0.3 is 19.8 Å². The number of rotatable bonds is 36. The number of nitrogens with two attached hydrogens (primary N) is 1. The molecular formula is C37H72NO8P. The van der Waals surface area contributed by atoms with Crippen LogP contribution in [0.4, 0.5) is 0 Å². The van der Waals surface area contributed by atoms with Crippen molar-refractivity contribution in [3.63, 3.8) is 0 Å². The van der Waals surface area contributed by atoms with Crippen molar-refractivity contribution in [2.45, 2.75) is 187 Å². The predicted octanol–water partition coefficient (Wildman–Crippen LogP) is 10.3. The second kappa shape index (κ2) is 34.6. The first kappa shape index (κ1) is 45.8. The fourth-order valence-electron chi connectivity index (χ4n) is 5.28. The summed E-state index contributed by atoms with van der Waals surface area (Å²) in [6.07, 6.45) is 32.4. The van der Waals surface area contributed by atoms with E-state index in [1.807, 2.05) is 0 Å². The second-order valence-corrected chi connectivity index (χ2v) is 14.3. The number of allylic oxidation sites excluding steroid dienone is 2. The second-order valence-electron chi connectivity index (χ2n) is 12.8. The van der Waals surface area contributed by atoms with Crippen molar-refractivity contribution in [2.75, 3.05) is 26.4 Å². The van der Waals surface area contributed by atoms with Crippen LogP contribution in [0.3, 0.4) is 0 Å². The standard InChI is InChI=1S/C37H72NO8P/c1-3-5-7-9-11-13-14-15-16-17-18-19-20-22-24-26-28-30-37(40)46-35(34-45-47(41,42)44-32-31-38)33-43-36(39)29-27-25-23-21-12-10-8-6-4-2/h15-16,35H,3-14,17-34,38H2,1-2H3,(H,41,42)/b16-15-. The Labute approximate surface area is 288 Å². The summed E-state index contributed by atoms with van der Waals surface area (Å²) in [5, 5.41) is 0. The molecule has 0 amide bonds. The molecule has 0 aromatic rings. The first-order valence-corrected chi connectivity index (χ1v) is 20.7. The Bertz CT molecular complexity index is 794. The van der Waals surface area contributed by atoms with Gasteiger partial charge in [0, 0.05) is 19.4 Å². The number of unbranched alkanes of at least 4 members (excludes halogenated alkanes) is 21. The molecule has 278 valence electrons. The molecule has 0 aromatic heterocycles. The monoisotopic (exact) mass is 689 g/mol. The number of carbonyl (C=O) groups excluding carboxylic acids is 2. The quantitative estimate of drug-likeness (QED) is 0.0285. The van der Waals surface area contributed by atoms with E-state index in [0.717, 1.165) is 44.9 Å². The van der Waals surface area contributed by atoms with Crippen molar-refractivity contribution >= 4 is 19.8 Å². The molecule has 10 heteroatoms. The van der Waals surface area contributed by atoms with Crippen LogP contribution < -0.4 is 5.73 Å². The summed E-state index contributed by atoms with van der Waals surface area (Å²) in [5.74, 6) is -0.832. The molecule has 0 aromatic carbocycles. The zero-order valence-corrected chi connectivity index (χ0v) is 31.2. The summed E-state index contributed by atoms with van der Waals surface area (Å²) in [5.41, 5.74) is 5.32. The molecule has 0 bridgehead atoms. The van der Waals surface area contributed by atoms with E-state index in [1.54, 1.807) is 0 Å². The third-order valence-electron chi connectivity index (χ3n) is 8.15. The van der Waals surface area contributed by atoms with E-state index < -0.39 is 26.5 Å². The number of phosphoric acid groups is 1. The van der Waals surface area contributed by atoms with Crippen LogP contribution in [0.1, 0.15) is 181 Å². The average molecular weight is 690 g/mol. The van der Waals surface area contributed by atoms with Gasteiger partial charge in [-0.05, 0) is 38.5 Å². The van der Waals surface area contributed by atoms with Gasteiger partial charge in [0.1, 0.15) is 6.61 Å². The first-order chi connectivity index (χ1) is 22.8. The van der Waals surface area contributed by atoms with Crippen molar-refractivity contribution < 1.29 is 37.6 Å². The van der Waals surface area contributed by atoms with Gasteiger partial charge in [0.25, 0.3) is 0 Å². The molecule has 0 saturated heterocycles. The Kier molecular flexibility index (Phi) is 33.7. The molecular weight excluding hydrogens is 617 g/mol. The fraction of sp³-hybridized carbons (Fsp3) is 0.892. The molecule has 0 heterocycles. The molecule has 47 heavy (non-hydrogen) atoms. The summed E-state index contributed by atoms with van der Waals surface area (Å²) < 4.78 is 32.6. The largest absolute Gasteiger partial charge is 0.472 e. The van der Waals surface area contributed by atoms with Crippen molar-refractivity contribution in [2.24, 2.45) is 5.73 Å². The summed E-state index contributed by atoms with van der Waals surface area (Å²) in [6, 6.07) is 0. The van der Waals surface area contributed by atoms with E-state index in [2.05, 4.69) is 26.0 Å². The molecule has 0 aliphatic heterocycles. The van der Waals surface area contributed by atoms with Crippen LogP contribution in [0, 0.1) is 0 Å². The number of hydrogen-bond donors (Lipinski definition) is 2. The number of esters is 2. The molecule has 0 fully saturated rings. The van der Waals surface area contributed by atoms with E-state index in [9.17, 15) is 19.0 Å². The van der Waals surface area contributed by atoms with Crippen molar-refractivity contribution in [1.82, 2.24) is 0 Å². The molecule has 0 saturated carbocycles. The number of hydrogen-bond acceptors (Lipinski definition) is 8. The average Bonchev–Trinajstić information content (AvgIpc) is 3.05. The lowest BCUT2D eigenvalue weighted by Crippen LogP contribution is -2.29. The molecule has 9 nitrogen and oxygen atoms in total. The lowest BCUT2D eigenvalue weighted by molar-refractivity contribution is -0.161. The lowest BCUT2D eigenvalue weighted by atomic mass is 10.1. The van der Waals surface area contributed by atoms with Crippen LogP contribution in [0.2, 0.25) is 0 Å². The van der Waals surface area contributed by atoms with Crippen LogP contribution >= 0.6 is 7.82 Å². The minimum Gasteiger partial charge on any atom is -0.462 e. The zero-order chi connectivity index (χ0) is 34.7. The van der Waals surface area contributed by atoms with Crippen LogP contribution in [-0.4, -0.2) is 49.3 Å². The predicted molar refractivity (Wildman–Crippen MR) is 192 cm³/mol. The van der Waals surface area contributed by atoms with Gasteiger partial charge in [-0.2, -0.15) is 0 Å². The van der Waals surface area contributed by atoms with Gasteiger partial charge in [0.15, 0.2) is 6.10 Å². The van der Waals surface area contributed by atoms with Gasteiger partial charge in [-0.25, -0.2) is 4.57 Å². The fourth-order valence-corrected chi connectivity index (χ4v) is 6.04. The third-order valence-corrected chi connectivity index (χ3v) is 9.14. The number of phosphoric ester groups is 1. The Morgan fingerprint density at radius 2 is 1.04 bits per heavy atom. The maximum Gasteiger partial charge on any atom is 0.472 e. The highest BCUT2D eigenvalue weighted by atomic mass is 31.2. The Morgan fingerprint density at radius 1 is 0.617 bits per heavy atom. The number of ether oxygens (including phenoxy) is 2. The minimum absolute atomic E-state index is 0.0551. The molecule has 0 spiro atoms. The Hall–Kier alpha value is -1.25. The van der Waals surface area contributed by atoms with Gasteiger partial charge in [0.05, 0.1) is 13.2 Å². The van der Waals surface area contributed by atoms with Gasteiger partial charge in [-0.15, -0.1) is 0 Å². The van der Waals surface area contributed by atoms with E-state index >= 15 is 0 Å². The lowest BCUT2D eigenvalue weighted by Gasteiger charge is -2.19. The topological polar surface area (TPSA) is 134 Å². The van der Waals surface area contributed by atoms with Crippen LogP contribution in [0.5, 0.6) is 0 Å². The first-order valence-electron chi connectivity index (χ1n) is 19.2. The minimum atomic E-state index is -4.36. The molecule has 0 aliphatic carbocycles. The maximum atomic E-state index is 12.5. The maximum absolute atomic E-state index is 12.5. The van der Waals surface area contributed by atoms with Crippen molar-refractivity contribution in [1.29, 1.82) is 0 Å². The summed E-state index contributed by atoms with van der Waals surface area (Å²) in [4.78, 5) is 34.6. The number of carbonyl (C=O) groups is 2. The summed E-state index contributed by atoms with van der Waals surface area (Å²) in [6.45, 7) is 3.70. The van der Waals surface area contributed by atoms with Crippen LogP contribution in [0.25, 0.3) is 0 Å². The van der Waals surface area contributed by atoms with Crippen LogP contribution in [0.15, 0.2) is 12.2 Å². The molecule has 3 N–H and O–H groups in total. The van der Waals surface area contributed by atoms with Crippen LogP contribution in [-0.2, 0) is 32.7 Å². The molecule has 0 radical (unpaired) electrons. The highest BCUT2D eigenvalue weighted by Crippen LogP contribution is 2.43. The SMILES string of the molecule is CCCCCCCC/C=C\CCCCCCCCCC(=O)OC(COC(=O)CCCCCCCCCCC)COP(=O)(O)OCCN. The van der Waals surface area contributed by atoms with Crippen molar-refractivity contribution in [3.05, 3.63) is 12.2 Å². The molecule has 0 rings (SSSR count). The summed E-state index contributed by atoms with van der Waals surface area (Å²) >= 11 is 0. The van der Waals surface area contributed by atoms with E-state index in [4.69, 9.17) is 24.3 Å². The van der Waals surface area contributed by atoms with Gasteiger partial charge in [-0.3, -0.25) is 18.6 Å². The highest BCUT2D eigenvalue weighted by Gasteiger charge is 2.25. The molecule has 2 unspecified atom stereocenters. The smallest absolute Gasteiger partial charge is 0.462 e. The Morgan fingerprint density at radius 3 is 1.51 bits per heavy atom. The summed E-state index contributed by atoms with van der Waals surface area (Å²) in [7, 11) is -4.36. The highest BCUT2D eigenvalue weighted by molar-refractivity contribution is 7.47. The molecule has 2 atom stereocenters. The van der Waals surface area contributed by atoms with Gasteiger partial charge in [0.2, 0.25) is 0 Å². The van der Waals surface area contributed by atoms with E-state index in [1.165, 1.54) is 103 Å². The normalized spacial score (nSPS) is 13.5. The third kappa shape index (κ3) is 34.4. The van der Waals surface area contributed by atoms with Crippen molar-refractivity contribution in [3.8, 4) is 0 Å². The van der Waals surface area contributed by atoms with E-state index in [-0.39, 0.29) is 38.6 Å². The Balaban J connectivity index is 4.17. The van der Waals surface area contributed by atoms with Gasteiger partial charge in [-0.1, -0.05) is 142 Å². The van der Waals surface area contributed by atoms with E-state index in [0.29, 0.717) is 6.42 Å². The van der Waals surface area contributed by atoms with Gasteiger partial charge < -0.3 is 20.1 Å².